The van der Waals surface area contributed by atoms with E-state index in [0.717, 1.165) is 10.5 Å². The predicted octanol–water partition coefficient (Wildman–Crippen LogP) is 1.67. The van der Waals surface area contributed by atoms with Crippen molar-refractivity contribution in [2.24, 2.45) is 0 Å². The summed E-state index contributed by atoms with van der Waals surface area (Å²) in [5, 5.41) is 10.3. The molecule has 0 bridgehead atoms. The summed E-state index contributed by atoms with van der Waals surface area (Å²) >= 11 is 0. The Balaban J connectivity index is 2.58. The molecule has 1 aromatic rings. The van der Waals surface area contributed by atoms with Crippen LogP contribution >= 0.6 is 0 Å². The number of hydrogen-bond acceptors (Lipinski definition) is 1. The normalized spacial score (nSPS) is 9.42. The zero-order chi connectivity index (χ0) is 8.97. The Hall–Kier alpha value is -1.51. The van der Waals surface area contributed by atoms with Gasteiger partial charge in [0, 0.05) is 13.6 Å². The zero-order valence-corrected chi connectivity index (χ0v) is 6.86. The molecule has 1 amide bonds. The van der Waals surface area contributed by atoms with E-state index in [-0.39, 0.29) is 0 Å². The van der Waals surface area contributed by atoms with Crippen LogP contribution in [0.5, 0.6) is 0 Å². The molecule has 3 nitrogen and oxygen atoms in total. The van der Waals surface area contributed by atoms with Crippen molar-refractivity contribution in [2.75, 3.05) is 7.05 Å². The number of benzene rings is 1. The second-order valence-corrected chi connectivity index (χ2v) is 2.61. The topological polar surface area (TPSA) is 40.2 Å². The van der Waals surface area contributed by atoms with Crippen molar-refractivity contribution < 1.29 is 9.90 Å². The maximum atomic E-state index is 10.3. The number of nitrogens with zero attached hydrogens (tertiary/aromatic N) is 1. The third-order valence-electron chi connectivity index (χ3n) is 1.57. The quantitative estimate of drug-likeness (QED) is 0.655. The van der Waals surface area contributed by atoms with E-state index in [9.17, 15) is 9.90 Å². The third kappa shape index (κ3) is 2.27. The largest absolute Gasteiger partial charge is 0.453 e. The van der Waals surface area contributed by atoms with E-state index in [4.69, 9.17) is 0 Å². The first kappa shape index (κ1) is 8.59. The molecule has 0 heterocycles. The molecule has 12 heavy (non-hydrogen) atoms. The molecule has 0 saturated carbocycles. The molecular weight excluding hydrogens is 154 g/mol. The number of amides is 1. The lowest BCUT2D eigenvalue weighted by Gasteiger charge is -2.10. The third-order valence-corrected chi connectivity index (χ3v) is 1.57. The van der Waals surface area contributed by atoms with Crippen LogP contribution in [0.1, 0.15) is 5.56 Å². The van der Waals surface area contributed by atoms with Gasteiger partial charge in [0.05, 0.1) is 0 Å². The van der Waals surface area contributed by atoms with Crippen molar-refractivity contribution >= 4 is 6.09 Å². The highest BCUT2D eigenvalue weighted by Crippen LogP contribution is 2.02. The lowest BCUT2D eigenvalue weighted by molar-refractivity contribution is 0.127. The van der Waals surface area contributed by atoms with Crippen LogP contribution in [0.2, 0.25) is 0 Å². The number of carbonyl (C=O) groups excluding carboxylic acids is 1. The summed E-state index contributed by atoms with van der Waals surface area (Å²) in [5.74, 6) is 0. The summed E-state index contributed by atoms with van der Waals surface area (Å²) in [6.45, 7) is 0.378. The first-order chi connectivity index (χ1) is 5.70. The van der Waals surface area contributed by atoms with E-state index in [0.29, 0.717) is 6.54 Å². The van der Waals surface area contributed by atoms with Crippen molar-refractivity contribution in [2.45, 2.75) is 6.54 Å². The SMILES string of the molecule is CN(Cc1ccccc1)C([O])=O. The van der Waals surface area contributed by atoms with E-state index >= 15 is 0 Å². The number of hydrogen-bond donors (Lipinski definition) is 0. The Morgan fingerprint density at radius 3 is 2.42 bits per heavy atom. The molecule has 0 N–H and O–H groups in total. The molecule has 0 saturated heterocycles. The van der Waals surface area contributed by atoms with E-state index in [1.54, 1.807) is 0 Å². The molecule has 3 heteroatoms. The molecule has 0 fully saturated rings. The van der Waals surface area contributed by atoms with Crippen molar-refractivity contribution in [1.82, 2.24) is 4.90 Å². The fraction of sp³-hybridized carbons (Fsp3) is 0.222. The second-order valence-electron chi connectivity index (χ2n) is 2.61. The predicted molar refractivity (Wildman–Crippen MR) is 44.0 cm³/mol. The standard InChI is InChI=1S/C9H10NO2/c1-10(9(11)12)7-8-5-3-2-4-6-8/h2-6H,7H2,1H3. The molecule has 1 rings (SSSR count). The van der Waals surface area contributed by atoms with E-state index in [1.807, 2.05) is 30.3 Å². The average Bonchev–Trinajstić information content (AvgIpc) is 2.06. The molecule has 63 valence electrons. The van der Waals surface area contributed by atoms with Crippen LogP contribution in [0.4, 0.5) is 4.79 Å². The molecule has 0 aliphatic carbocycles. The number of carbonyl (C=O) groups is 1. The summed E-state index contributed by atoms with van der Waals surface area (Å²) in [4.78, 5) is 11.5. The molecule has 0 aliphatic heterocycles. The highest BCUT2D eigenvalue weighted by molar-refractivity contribution is 5.64. The fourth-order valence-corrected chi connectivity index (χ4v) is 0.922. The van der Waals surface area contributed by atoms with E-state index < -0.39 is 6.09 Å². The highest BCUT2D eigenvalue weighted by atomic mass is 16.4. The molecule has 0 aliphatic rings. The lowest BCUT2D eigenvalue weighted by atomic mass is 10.2. The Bertz CT molecular complexity index is 258. The monoisotopic (exact) mass is 164 g/mol. The highest BCUT2D eigenvalue weighted by Gasteiger charge is 2.06. The van der Waals surface area contributed by atoms with Gasteiger partial charge in [0.1, 0.15) is 0 Å². The molecular formula is C9H10NO2. The lowest BCUT2D eigenvalue weighted by Crippen LogP contribution is -2.22. The van der Waals surface area contributed by atoms with Gasteiger partial charge >= 0.3 is 6.09 Å². The van der Waals surface area contributed by atoms with Gasteiger partial charge in [-0.05, 0) is 5.56 Å². The van der Waals surface area contributed by atoms with Gasteiger partial charge in [0.2, 0.25) is 0 Å². The molecule has 1 radical (unpaired) electrons. The minimum absolute atomic E-state index is 0.378. The smallest absolute Gasteiger partial charge is 0.304 e. The van der Waals surface area contributed by atoms with Crippen LogP contribution in [0.25, 0.3) is 0 Å². The molecule has 1 aromatic carbocycles. The van der Waals surface area contributed by atoms with Crippen LogP contribution in [0.3, 0.4) is 0 Å². The van der Waals surface area contributed by atoms with Gasteiger partial charge in [-0.3, -0.25) is 0 Å². The first-order valence-electron chi connectivity index (χ1n) is 3.66. The van der Waals surface area contributed by atoms with Gasteiger partial charge < -0.3 is 4.90 Å². The average molecular weight is 164 g/mol. The second kappa shape index (κ2) is 3.76. The summed E-state index contributed by atoms with van der Waals surface area (Å²) in [6, 6.07) is 9.39. The molecule has 0 aromatic heterocycles. The van der Waals surface area contributed by atoms with Crippen LogP contribution in [0, 0.1) is 0 Å². The summed E-state index contributed by atoms with van der Waals surface area (Å²) in [5.41, 5.74) is 0.962. The van der Waals surface area contributed by atoms with E-state index in [2.05, 4.69) is 0 Å². The van der Waals surface area contributed by atoms with Gasteiger partial charge in [0.15, 0.2) is 0 Å². The van der Waals surface area contributed by atoms with Gasteiger partial charge in [0.25, 0.3) is 0 Å². The number of rotatable bonds is 2. The zero-order valence-electron chi connectivity index (χ0n) is 6.86. The Morgan fingerprint density at radius 1 is 1.33 bits per heavy atom. The molecule has 0 atom stereocenters. The van der Waals surface area contributed by atoms with Gasteiger partial charge in [-0.25, -0.2) is 9.90 Å². The van der Waals surface area contributed by atoms with Crippen LogP contribution in [0.15, 0.2) is 30.3 Å². The van der Waals surface area contributed by atoms with Crippen molar-refractivity contribution in [3.05, 3.63) is 35.9 Å². The Morgan fingerprint density at radius 2 is 1.92 bits per heavy atom. The van der Waals surface area contributed by atoms with Crippen LogP contribution in [-0.4, -0.2) is 18.0 Å². The first-order valence-corrected chi connectivity index (χ1v) is 3.66. The maximum absolute atomic E-state index is 10.3. The van der Waals surface area contributed by atoms with Crippen LogP contribution in [-0.2, 0) is 11.7 Å². The van der Waals surface area contributed by atoms with Crippen molar-refractivity contribution in [1.29, 1.82) is 0 Å². The summed E-state index contributed by atoms with van der Waals surface area (Å²) < 4.78 is 0. The maximum Gasteiger partial charge on any atom is 0.453 e. The fourth-order valence-electron chi connectivity index (χ4n) is 0.922. The summed E-state index contributed by atoms with van der Waals surface area (Å²) in [6.07, 6.45) is -1.15. The van der Waals surface area contributed by atoms with Crippen molar-refractivity contribution in [3.63, 3.8) is 0 Å². The van der Waals surface area contributed by atoms with E-state index in [1.165, 1.54) is 7.05 Å². The van der Waals surface area contributed by atoms with Gasteiger partial charge in [-0.1, -0.05) is 30.3 Å². The van der Waals surface area contributed by atoms with Crippen molar-refractivity contribution in [3.8, 4) is 0 Å². The summed E-state index contributed by atoms with van der Waals surface area (Å²) in [7, 11) is 1.49. The van der Waals surface area contributed by atoms with Crippen LogP contribution < -0.4 is 0 Å². The minimum atomic E-state index is -1.15. The Kier molecular flexibility index (Phi) is 2.69. The Labute approximate surface area is 71.2 Å². The molecule has 0 unspecified atom stereocenters. The minimum Gasteiger partial charge on any atom is -0.304 e. The van der Waals surface area contributed by atoms with Gasteiger partial charge in [-0.15, -0.1) is 0 Å². The molecule has 0 spiro atoms. The van der Waals surface area contributed by atoms with Gasteiger partial charge in [-0.2, -0.15) is 0 Å².